The third-order valence-electron chi connectivity index (χ3n) is 1.81. The second-order valence-electron chi connectivity index (χ2n) is 3.13. The topological polar surface area (TPSA) is 99.2 Å². The maximum atomic E-state index is 13.0. The molecule has 0 heterocycles. The van der Waals surface area contributed by atoms with Gasteiger partial charge in [0.2, 0.25) is 0 Å². The van der Waals surface area contributed by atoms with E-state index in [1.807, 2.05) is 0 Å². The number of nitrogens with two attached hydrogens (primary N) is 1. The number of halogens is 2. The van der Waals surface area contributed by atoms with Crippen LogP contribution in [0.2, 0.25) is 0 Å². The molecular weight excluding hydrogens is 220 g/mol. The van der Waals surface area contributed by atoms with Crippen molar-refractivity contribution in [3.63, 3.8) is 0 Å². The van der Waals surface area contributed by atoms with Crippen molar-refractivity contribution in [1.29, 1.82) is 5.41 Å². The Kier molecular flexibility index (Phi) is 7.23. The Morgan fingerprint density at radius 3 is 2.62 bits per heavy atom. The number of rotatable bonds is 8. The summed E-state index contributed by atoms with van der Waals surface area (Å²) < 4.78 is 26.0. The van der Waals surface area contributed by atoms with Crippen molar-refractivity contribution < 1.29 is 18.7 Å². The van der Waals surface area contributed by atoms with Crippen molar-refractivity contribution in [3.8, 4) is 0 Å². The van der Waals surface area contributed by atoms with Gasteiger partial charge >= 0.3 is 5.97 Å². The summed E-state index contributed by atoms with van der Waals surface area (Å²) in [5.74, 6) is -3.23. The molecule has 0 saturated carbocycles. The van der Waals surface area contributed by atoms with Crippen molar-refractivity contribution in [1.82, 2.24) is 5.32 Å². The highest BCUT2D eigenvalue weighted by atomic mass is 19.2. The van der Waals surface area contributed by atoms with Crippen LogP contribution in [0.15, 0.2) is 11.7 Å². The summed E-state index contributed by atoms with van der Waals surface area (Å²) in [5.41, 5.74) is 5.13. The second kappa shape index (κ2) is 7.89. The zero-order valence-corrected chi connectivity index (χ0v) is 8.67. The number of aliphatic carboxylic acids is 1. The van der Waals surface area contributed by atoms with Crippen molar-refractivity contribution in [3.05, 3.63) is 11.7 Å². The van der Waals surface area contributed by atoms with E-state index < -0.39 is 23.7 Å². The largest absolute Gasteiger partial charge is 0.480 e. The Balaban J connectivity index is 4.00. The minimum absolute atomic E-state index is 0.148. The fourth-order valence-corrected chi connectivity index (χ4v) is 0.891. The third-order valence-corrected chi connectivity index (χ3v) is 1.81. The minimum Gasteiger partial charge on any atom is -0.480 e. The van der Waals surface area contributed by atoms with E-state index in [2.05, 4.69) is 5.32 Å². The van der Waals surface area contributed by atoms with Crippen molar-refractivity contribution in [2.45, 2.75) is 18.9 Å². The van der Waals surface area contributed by atoms with Crippen LogP contribution in [0.5, 0.6) is 0 Å². The van der Waals surface area contributed by atoms with E-state index in [1.54, 1.807) is 0 Å². The minimum atomic E-state index is -1.24. The molecule has 0 aromatic heterocycles. The molecule has 0 aromatic rings. The molecule has 7 heteroatoms. The summed E-state index contributed by atoms with van der Waals surface area (Å²) in [6.45, 7) is -0.168. The van der Waals surface area contributed by atoms with Gasteiger partial charge in [0.25, 0.3) is 0 Å². The lowest BCUT2D eigenvalue weighted by atomic mass is 10.1. The monoisotopic (exact) mass is 235 g/mol. The fraction of sp³-hybridized carbons (Fsp3) is 0.556. The second-order valence-corrected chi connectivity index (χ2v) is 3.13. The lowest BCUT2D eigenvalue weighted by molar-refractivity contribution is -0.138. The maximum absolute atomic E-state index is 13.0. The molecule has 0 amide bonds. The summed E-state index contributed by atoms with van der Waals surface area (Å²) in [6, 6.07) is -1.19. The number of hydrogen-bond acceptors (Lipinski definition) is 4. The van der Waals surface area contributed by atoms with Crippen LogP contribution >= 0.6 is 0 Å². The first-order valence-electron chi connectivity index (χ1n) is 4.70. The summed E-state index contributed by atoms with van der Waals surface area (Å²) >= 11 is 0. The number of hydrogen-bond donors (Lipinski definition) is 4. The molecule has 0 aromatic carbocycles. The SMILES string of the molecule is N=CCNC/C(F)=C(\F)CC[C@H](N)C(=O)O. The van der Waals surface area contributed by atoms with Gasteiger partial charge in [0.05, 0.1) is 6.54 Å². The lowest BCUT2D eigenvalue weighted by Crippen LogP contribution is -2.29. The normalized spacial score (nSPS) is 14.2. The van der Waals surface area contributed by atoms with Crippen LogP contribution in [-0.2, 0) is 4.79 Å². The Labute approximate surface area is 91.8 Å². The highest BCUT2D eigenvalue weighted by Crippen LogP contribution is 2.14. The van der Waals surface area contributed by atoms with Crippen LogP contribution < -0.4 is 11.1 Å². The molecule has 0 aliphatic rings. The van der Waals surface area contributed by atoms with Crippen LogP contribution in [0.25, 0.3) is 0 Å². The highest BCUT2D eigenvalue weighted by molar-refractivity contribution is 5.73. The van der Waals surface area contributed by atoms with E-state index in [0.717, 1.165) is 6.21 Å². The van der Waals surface area contributed by atoms with Gasteiger partial charge in [-0.15, -0.1) is 0 Å². The molecule has 1 atom stereocenters. The quantitative estimate of drug-likeness (QED) is 0.365. The van der Waals surface area contributed by atoms with E-state index in [-0.39, 0.29) is 25.9 Å². The highest BCUT2D eigenvalue weighted by Gasteiger charge is 2.14. The van der Waals surface area contributed by atoms with Crippen molar-refractivity contribution in [2.24, 2.45) is 5.73 Å². The van der Waals surface area contributed by atoms with Gasteiger partial charge in [-0.25, -0.2) is 8.78 Å². The molecule has 16 heavy (non-hydrogen) atoms. The van der Waals surface area contributed by atoms with E-state index in [4.69, 9.17) is 16.2 Å². The maximum Gasteiger partial charge on any atom is 0.320 e. The number of carboxylic acids is 1. The Hall–Kier alpha value is -1.34. The molecule has 0 fully saturated rings. The molecule has 0 saturated heterocycles. The molecule has 5 N–H and O–H groups in total. The molecule has 0 spiro atoms. The summed E-state index contributed by atoms with van der Waals surface area (Å²) in [6.07, 6.45) is 0.524. The van der Waals surface area contributed by atoms with Crippen molar-refractivity contribution >= 4 is 12.2 Å². The zero-order chi connectivity index (χ0) is 12.6. The Morgan fingerprint density at radius 2 is 2.12 bits per heavy atom. The van der Waals surface area contributed by atoms with Gasteiger partial charge in [-0.3, -0.25) is 4.79 Å². The first kappa shape index (κ1) is 14.7. The summed E-state index contributed by atoms with van der Waals surface area (Å²) in [7, 11) is 0. The van der Waals surface area contributed by atoms with Gasteiger partial charge in [-0.05, 0) is 6.42 Å². The molecule has 0 unspecified atom stereocenters. The van der Waals surface area contributed by atoms with E-state index in [0.29, 0.717) is 0 Å². The van der Waals surface area contributed by atoms with E-state index in [1.165, 1.54) is 0 Å². The molecule has 0 aliphatic heterocycles. The Morgan fingerprint density at radius 1 is 1.50 bits per heavy atom. The molecule has 0 aliphatic carbocycles. The predicted molar refractivity (Wildman–Crippen MR) is 55.7 cm³/mol. The Bertz CT molecular complexity index is 282. The molecule has 0 bridgehead atoms. The molecule has 92 valence electrons. The van der Waals surface area contributed by atoms with Crippen LogP contribution in [0.1, 0.15) is 12.8 Å². The summed E-state index contributed by atoms with van der Waals surface area (Å²) in [5, 5.41) is 17.5. The third kappa shape index (κ3) is 6.20. The van der Waals surface area contributed by atoms with Gasteiger partial charge in [0, 0.05) is 19.2 Å². The average Bonchev–Trinajstić information content (AvgIpc) is 2.25. The van der Waals surface area contributed by atoms with E-state index >= 15 is 0 Å². The van der Waals surface area contributed by atoms with Gasteiger partial charge in [0.15, 0.2) is 0 Å². The predicted octanol–water partition coefficient (Wildman–Crippen LogP) is 0.568. The standard InChI is InChI=1S/C9H15F2N3O2/c10-6(1-2-8(13)9(15)16)7(11)5-14-4-3-12/h3,8,12,14H,1-2,4-5,13H2,(H,15,16)/b7-6+,12-3?/t8-/m0/s1. The molecular formula is C9H15F2N3O2. The van der Waals surface area contributed by atoms with E-state index in [9.17, 15) is 13.6 Å². The number of allylic oxidation sites excluding steroid dienone is 1. The van der Waals surface area contributed by atoms with Gasteiger partial charge in [0.1, 0.15) is 17.7 Å². The first-order valence-corrected chi connectivity index (χ1v) is 4.70. The van der Waals surface area contributed by atoms with Gasteiger partial charge < -0.3 is 21.6 Å². The number of carbonyl (C=O) groups is 1. The van der Waals surface area contributed by atoms with Crippen LogP contribution in [0, 0.1) is 5.41 Å². The lowest BCUT2D eigenvalue weighted by Gasteiger charge is -2.05. The first-order chi connectivity index (χ1) is 7.49. The van der Waals surface area contributed by atoms with Crippen LogP contribution in [0.3, 0.4) is 0 Å². The number of nitrogens with one attached hydrogen (secondary N) is 2. The molecule has 0 rings (SSSR count). The molecule has 0 radical (unpaired) electrons. The molecule has 5 nitrogen and oxygen atoms in total. The van der Waals surface area contributed by atoms with Gasteiger partial charge in [-0.1, -0.05) is 0 Å². The average molecular weight is 235 g/mol. The smallest absolute Gasteiger partial charge is 0.320 e. The fourth-order valence-electron chi connectivity index (χ4n) is 0.891. The van der Waals surface area contributed by atoms with Crippen LogP contribution in [0.4, 0.5) is 8.78 Å². The van der Waals surface area contributed by atoms with Crippen LogP contribution in [-0.4, -0.2) is 36.4 Å². The summed E-state index contributed by atoms with van der Waals surface area (Å²) in [4.78, 5) is 10.3. The zero-order valence-electron chi connectivity index (χ0n) is 8.67. The van der Waals surface area contributed by atoms with Gasteiger partial charge in [-0.2, -0.15) is 0 Å². The van der Waals surface area contributed by atoms with Crippen molar-refractivity contribution in [2.75, 3.05) is 13.1 Å². The number of carboxylic acid groups (broad SMARTS) is 1.